The van der Waals surface area contributed by atoms with Gasteiger partial charge in [0, 0.05) is 12.4 Å². The highest BCUT2D eigenvalue weighted by Crippen LogP contribution is 2.13. The molecule has 1 heterocycles. The van der Waals surface area contributed by atoms with E-state index in [0.29, 0.717) is 5.56 Å². The Labute approximate surface area is 118 Å². The zero-order chi connectivity index (χ0) is 14.5. The molecule has 2 rings (SSSR count). The average molecular weight is 267 g/mol. The SMILES string of the molecule is Cc1cc(C)c(/C=N\NC(=O)c2cccnc2)cc1C. The molecule has 102 valence electrons. The number of pyridine rings is 1. The van der Waals surface area contributed by atoms with Gasteiger partial charge in [0.05, 0.1) is 11.8 Å². The summed E-state index contributed by atoms with van der Waals surface area (Å²) in [5, 5.41) is 4.00. The minimum atomic E-state index is -0.268. The number of hydrazone groups is 1. The summed E-state index contributed by atoms with van der Waals surface area (Å²) in [6, 6.07) is 7.58. The van der Waals surface area contributed by atoms with Crippen LogP contribution in [0, 0.1) is 20.8 Å². The van der Waals surface area contributed by atoms with Crippen molar-refractivity contribution >= 4 is 12.1 Å². The number of rotatable bonds is 3. The summed E-state index contributed by atoms with van der Waals surface area (Å²) in [6.07, 6.45) is 4.79. The predicted octanol–water partition coefficient (Wildman–Crippen LogP) is 2.77. The molecule has 4 nitrogen and oxygen atoms in total. The van der Waals surface area contributed by atoms with E-state index >= 15 is 0 Å². The molecule has 0 bridgehead atoms. The maximum Gasteiger partial charge on any atom is 0.272 e. The van der Waals surface area contributed by atoms with Gasteiger partial charge in [-0.2, -0.15) is 5.10 Å². The Morgan fingerprint density at radius 3 is 2.65 bits per heavy atom. The van der Waals surface area contributed by atoms with Gasteiger partial charge >= 0.3 is 0 Å². The number of aryl methyl sites for hydroxylation is 3. The molecule has 2 aromatic rings. The Balaban J connectivity index is 2.08. The molecular weight excluding hydrogens is 250 g/mol. The number of nitrogens with one attached hydrogen (secondary N) is 1. The monoisotopic (exact) mass is 267 g/mol. The zero-order valence-corrected chi connectivity index (χ0v) is 11.8. The molecule has 0 spiro atoms. The van der Waals surface area contributed by atoms with Crippen LogP contribution in [0.5, 0.6) is 0 Å². The number of hydrogen-bond acceptors (Lipinski definition) is 3. The fourth-order valence-electron chi connectivity index (χ4n) is 1.84. The highest BCUT2D eigenvalue weighted by molar-refractivity contribution is 5.94. The van der Waals surface area contributed by atoms with Crippen LogP contribution >= 0.6 is 0 Å². The van der Waals surface area contributed by atoms with E-state index in [1.165, 1.54) is 17.3 Å². The molecule has 20 heavy (non-hydrogen) atoms. The van der Waals surface area contributed by atoms with E-state index in [-0.39, 0.29) is 5.91 Å². The molecule has 0 aliphatic heterocycles. The number of amides is 1. The van der Waals surface area contributed by atoms with Crippen LogP contribution in [-0.2, 0) is 0 Å². The summed E-state index contributed by atoms with van der Waals surface area (Å²) in [5.74, 6) is -0.268. The molecule has 0 aliphatic rings. The predicted molar refractivity (Wildman–Crippen MR) is 80.0 cm³/mol. The number of aromatic nitrogens is 1. The number of carbonyl (C=O) groups is 1. The van der Waals surface area contributed by atoms with Gasteiger partial charge in [0.25, 0.3) is 5.91 Å². The standard InChI is InChI=1S/C16H17N3O/c1-11-7-13(3)15(8-12(11)2)10-18-19-16(20)14-5-4-6-17-9-14/h4-10H,1-3H3,(H,19,20)/b18-10-. The smallest absolute Gasteiger partial charge is 0.267 e. The Bertz CT molecular complexity index is 648. The van der Waals surface area contributed by atoms with Crippen LogP contribution in [0.2, 0.25) is 0 Å². The molecule has 1 aromatic heterocycles. The third kappa shape index (κ3) is 3.29. The zero-order valence-electron chi connectivity index (χ0n) is 11.8. The van der Waals surface area contributed by atoms with Crippen molar-refractivity contribution in [1.82, 2.24) is 10.4 Å². The van der Waals surface area contributed by atoms with Crippen LogP contribution in [0.3, 0.4) is 0 Å². The summed E-state index contributed by atoms with van der Waals surface area (Å²) in [7, 11) is 0. The van der Waals surface area contributed by atoms with E-state index in [1.54, 1.807) is 24.5 Å². The van der Waals surface area contributed by atoms with Gasteiger partial charge in [-0.15, -0.1) is 0 Å². The average Bonchev–Trinajstić information content (AvgIpc) is 2.45. The van der Waals surface area contributed by atoms with E-state index in [4.69, 9.17) is 0 Å². The number of carbonyl (C=O) groups excluding carboxylic acids is 1. The maximum atomic E-state index is 11.8. The van der Waals surface area contributed by atoms with E-state index in [9.17, 15) is 4.79 Å². The van der Waals surface area contributed by atoms with Crippen molar-refractivity contribution in [3.8, 4) is 0 Å². The van der Waals surface area contributed by atoms with Gasteiger partial charge in [0.15, 0.2) is 0 Å². The summed E-state index contributed by atoms with van der Waals surface area (Å²) in [4.78, 5) is 15.7. The summed E-state index contributed by atoms with van der Waals surface area (Å²) >= 11 is 0. The van der Waals surface area contributed by atoms with Crippen molar-refractivity contribution in [1.29, 1.82) is 0 Å². The Morgan fingerprint density at radius 2 is 1.95 bits per heavy atom. The Morgan fingerprint density at radius 1 is 1.20 bits per heavy atom. The molecule has 0 radical (unpaired) electrons. The summed E-state index contributed by atoms with van der Waals surface area (Å²) in [5.41, 5.74) is 7.57. The normalized spacial score (nSPS) is 10.8. The maximum absolute atomic E-state index is 11.8. The van der Waals surface area contributed by atoms with Crippen molar-refractivity contribution in [3.63, 3.8) is 0 Å². The minimum Gasteiger partial charge on any atom is -0.267 e. The van der Waals surface area contributed by atoms with Crippen LogP contribution in [-0.4, -0.2) is 17.1 Å². The first-order chi connectivity index (χ1) is 9.58. The van der Waals surface area contributed by atoms with E-state index in [0.717, 1.165) is 11.1 Å². The number of nitrogens with zero attached hydrogens (tertiary/aromatic N) is 2. The second-order valence-corrected chi connectivity index (χ2v) is 4.73. The molecule has 0 aliphatic carbocycles. The highest BCUT2D eigenvalue weighted by atomic mass is 16.2. The van der Waals surface area contributed by atoms with E-state index in [1.807, 2.05) is 6.92 Å². The van der Waals surface area contributed by atoms with E-state index < -0.39 is 0 Å². The van der Waals surface area contributed by atoms with Crippen molar-refractivity contribution in [2.75, 3.05) is 0 Å². The van der Waals surface area contributed by atoms with E-state index in [2.05, 4.69) is 41.5 Å². The number of benzene rings is 1. The van der Waals surface area contributed by atoms with Crippen LogP contribution in [0.1, 0.15) is 32.6 Å². The van der Waals surface area contributed by atoms with Crippen molar-refractivity contribution in [2.24, 2.45) is 5.10 Å². The molecule has 0 atom stereocenters. The van der Waals surface area contributed by atoms with Crippen molar-refractivity contribution in [2.45, 2.75) is 20.8 Å². The van der Waals surface area contributed by atoms with Gasteiger partial charge < -0.3 is 0 Å². The summed E-state index contributed by atoms with van der Waals surface area (Å²) in [6.45, 7) is 6.16. The molecule has 0 unspecified atom stereocenters. The Kier molecular flexibility index (Phi) is 4.25. The third-order valence-electron chi connectivity index (χ3n) is 3.18. The first kappa shape index (κ1) is 13.9. The molecule has 0 fully saturated rings. The lowest BCUT2D eigenvalue weighted by Crippen LogP contribution is -2.17. The fourth-order valence-corrected chi connectivity index (χ4v) is 1.84. The van der Waals surface area contributed by atoms with Gasteiger partial charge in [-0.3, -0.25) is 9.78 Å². The fraction of sp³-hybridized carbons (Fsp3) is 0.188. The highest BCUT2D eigenvalue weighted by Gasteiger charge is 2.03. The lowest BCUT2D eigenvalue weighted by atomic mass is 10.0. The van der Waals surface area contributed by atoms with Gasteiger partial charge in [-0.25, -0.2) is 5.43 Å². The molecule has 1 amide bonds. The van der Waals surface area contributed by atoms with Gasteiger partial charge in [-0.1, -0.05) is 6.07 Å². The molecule has 0 saturated heterocycles. The minimum absolute atomic E-state index is 0.268. The van der Waals surface area contributed by atoms with Gasteiger partial charge in [0.2, 0.25) is 0 Å². The van der Waals surface area contributed by atoms with Crippen LogP contribution < -0.4 is 5.43 Å². The van der Waals surface area contributed by atoms with Crippen LogP contribution in [0.15, 0.2) is 41.8 Å². The van der Waals surface area contributed by atoms with Gasteiger partial charge in [0.1, 0.15) is 0 Å². The molecule has 1 aromatic carbocycles. The molecule has 0 saturated carbocycles. The lowest BCUT2D eigenvalue weighted by Gasteiger charge is -2.05. The van der Waals surface area contributed by atoms with Crippen LogP contribution in [0.25, 0.3) is 0 Å². The largest absolute Gasteiger partial charge is 0.272 e. The molecule has 4 heteroatoms. The second-order valence-electron chi connectivity index (χ2n) is 4.73. The van der Waals surface area contributed by atoms with Gasteiger partial charge in [-0.05, 0) is 61.2 Å². The van der Waals surface area contributed by atoms with Crippen LogP contribution in [0.4, 0.5) is 0 Å². The first-order valence-electron chi connectivity index (χ1n) is 6.39. The van der Waals surface area contributed by atoms with Crippen molar-refractivity contribution in [3.05, 3.63) is 64.5 Å². The molecule has 1 N–H and O–H groups in total. The topological polar surface area (TPSA) is 54.4 Å². The quantitative estimate of drug-likeness (QED) is 0.686. The second kappa shape index (κ2) is 6.10. The molecular formula is C16H17N3O. The number of hydrogen-bond donors (Lipinski definition) is 1. The third-order valence-corrected chi connectivity index (χ3v) is 3.18. The van der Waals surface area contributed by atoms with Crippen molar-refractivity contribution < 1.29 is 4.79 Å². The first-order valence-corrected chi connectivity index (χ1v) is 6.39. The Hall–Kier alpha value is -2.49. The summed E-state index contributed by atoms with van der Waals surface area (Å²) < 4.78 is 0. The lowest BCUT2D eigenvalue weighted by molar-refractivity contribution is 0.0955.